The summed E-state index contributed by atoms with van der Waals surface area (Å²) in [5.41, 5.74) is 1.42. The van der Waals surface area contributed by atoms with E-state index in [9.17, 15) is 0 Å². The molecule has 0 unspecified atom stereocenters. The number of hydrogen-bond donors (Lipinski definition) is 1. The molecule has 0 amide bonds. The van der Waals surface area contributed by atoms with Crippen molar-refractivity contribution in [1.29, 1.82) is 0 Å². The van der Waals surface area contributed by atoms with Crippen LogP contribution in [0.5, 0.6) is 0 Å². The molecule has 2 heterocycles. The van der Waals surface area contributed by atoms with Gasteiger partial charge in [0.15, 0.2) is 0 Å². The highest BCUT2D eigenvalue weighted by Crippen LogP contribution is 2.19. The monoisotopic (exact) mass is 229 g/mol. The third-order valence-corrected chi connectivity index (χ3v) is 2.99. The van der Waals surface area contributed by atoms with Gasteiger partial charge in [0.1, 0.15) is 0 Å². The van der Waals surface area contributed by atoms with Gasteiger partial charge < -0.3 is 5.11 Å². The van der Waals surface area contributed by atoms with Gasteiger partial charge in [0.25, 0.3) is 0 Å². The highest BCUT2D eigenvalue weighted by atomic mass is 35.5. The average Bonchev–Trinajstić information content (AvgIpc) is 2.74. The molecule has 4 nitrogen and oxygen atoms in total. The van der Waals surface area contributed by atoms with E-state index in [0.29, 0.717) is 15.8 Å². The van der Waals surface area contributed by atoms with E-state index < -0.39 is 0 Å². The normalized spacial score (nSPS) is 10.8. The number of aryl methyl sites for hydroxylation is 1. The number of halogens is 1. The second-order valence-corrected chi connectivity index (χ2v) is 4.03. The third kappa shape index (κ3) is 1.66. The lowest BCUT2D eigenvalue weighted by Gasteiger charge is -1.91. The fraction of sp³-hybridized carbons (Fsp3) is 0.250. The Morgan fingerprint density at radius 2 is 2.43 bits per heavy atom. The van der Waals surface area contributed by atoms with Crippen molar-refractivity contribution in [3.8, 4) is 5.13 Å². The van der Waals surface area contributed by atoms with Gasteiger partial charge in [0, 0.05) is 5.38 Å². The molecule has 0 spiro atoms. The van der Waals surface area contributed by atoms with Crippen molar-refractivity contribution in [1.82, 2.24) is 14.8 Å². The summed E-state index contributed by atoms with van der Waals surface area (Å²) in [7, 11) is 0. The summed E-state index contributed by atoms with van der Waals surface area (Å²) >= 11 is 7.28. The van der Waals surface area contributed by atoms with Crippen molar-refractivity contribution >= 4 is 22.9 Å². The molecule has 2 aromatic heterocycles. The Morgan fingerprint density at radius 1 is 1.64 bits per heavy atom. The van der Waals surface area contributed by atoms with Crippen molar-refractivity contribution in [3.05, 3.63) is 28.0 Å². The molecule has 0 aliphatic rings. The first-order valence-corrected chi connectivity index (χ1v) is 5.24. The van der Waals surface area contributed by atoms with Gasteiger partial charge in [-0.05, 0) is 6.92 Å². The molecule has 0 aliphatic carbocycles. The zero-order valence-corrected chi connectivity index (χ0v) is 9.01. The van der Waals surface area contributed by atoms with E-state index in [0.717, 1.165) is 5.69 Å². The first kappa shape index (κ1) is 9.64. The standard InChI is InChI=1S/C8H8ClN3OS/c1-5-7(9)2-12(11-5)8-10-6(3-13)4-14-8/h2,4,13H,3H2,1H3. The topological polar surface area (TPSA) is 50.9 Å². The van der Waals surface area contributed by atoms with Crippen LogP contribution in [0.4, 0.5) is 0 Å². The van der Waals surface area contributed by atoms with Gasteiger partial charge in [0.05, 0.1) is 29.2 Å². The van der Waals surface area contributed by atoms with Gasteiger partial charge in [-0.3, -0.25) is 0 Å². The number of aliphatic hydroxyl groups is 1. The van der Waals surface area contributed by atoms with E-state index in [1.807, 2.05) is 6.92 Å². The predicted octanol–water partition coefficient (Wildman–Crippen LogP) is 1.78. The van der Waals surface area contributed by atoms with Crippen LogP contribution in [0.2, 0.25) is 5.02 Å². The lowest BCUT2D eigenvalue weighted by molar-refractivity contribution is 0.277. The molecule has 6 heteroatoms. The van der Waals surface area contributed by atoms with Gasteiger partial charge in [-0.25, -0.2) is 9.67 Å². The molecule has 2 aromatic rings. The molecule has 74 valence electrons. The molecule has 0 aromatic carbocycles. The largest absolute Gasteiger partial charge is 0.390 e. The number of nitrogens with zero attached hydrogens (tertiary/aromatic N) is 3. The molecule has 0 radical (unpaired) electrons. The van der Waals surface area contributed by atoms with E-state index in [1.165, 1.54) is 11.3 Å². The van der Waals surface area contributed by atoms with Gasteiger partial charge >= 0.3 is 0 Å². The van der Waals surface area contributed by atoms with Crippen LogP contribution >= 0.6 is 22.9 Å². The van der Waals surface area contributed by atoms with Crippen LogP contribution in [-0.2, 0) is 6.61 Å². The van der Waals surface area contributed by atoms with Crippen LogP contribution in [0.1, 0.15) is 11.4 Å². The molecule has 0 bridgehead atoms. The zero-order chi connectivity index (χ0) is 10.1. The van der Waals surface area contributed by atoms with Crippen LogP contribution in [0, 0.1) is 6.92 Å². The van der Waals surface area contributed by atoms with Crippen LogP contribution in [-0.4, -0.2) is 19.9 Å². The summed E-state index contributed by atoms with van der Waals surface area (Å²) in [6.45, 7) is 1.78. The minimum atomic E-state index is -0.0511. The van der Waals surface area contributed by atoms with E-state index in [2.05, 4.69) is 10.1 Å². The molecule has 0 aliphatic heterocycles. The van der Waals surface area contributed by atoms with Gasteiger partial charge in [-0.15, -0.1) is 11.3 Å². The molecule has 2 rings (SSSR count). The first-order chi connectivity index (χ1) is 6.70. The number of aromatic nitrogens is 3. The summed E-state index contributed by atoms with van der Waals surface area (Å²) in [6.07, 6.45) is 1.71. The smallest absolute Gasteiger partial charge is 0.210 e. The molecular weight excluding hydrogens is 222 g/mol. The van der Waals surface area contributed by atoms with Crippen molar-refractivity contribution in [2.24, 2.45) is 0 Å². The molecule has 0 atom stereocenters. The number of aliphatic hydroxyl groups excluding tert-OH is 1. The van der Waals surface area contributed by atoms with E-state index >= 15 is 0 Å². The quantitative estimate of drug-likeness (QED) is 0.854. The van der Waals surface area contributed by atoms with Crippen LogP contribution in [0.25, 0.3) is 5.13 Å². The maximum atomic E-state index is 8.85. The van der Waals surface area contributed by atoms with Crippen molar-refractivity contribution in [2.75, 3.05) is 0 Å². The lowest BCUT2D eigenvalue weighted by atomic mass is 10.5. The summed E-state index contributed by atoms with van der Waals surface area (Å²) < 4.78 is 1.61. The summed E-state index contributed by atoms with van der Waals surface area (Å²) in [5.74, 6) is 0. The van der Waals surface area contributed by atoms with Crippen molar-refractivity contribution in [2.45, 2.75) is 13.5 Å². The number of hydrogen-bond acceptors (Lipinski definition) is 4. The predicted molar refractivity (Wildman–Crippen MR) is 54.9 cm³/mol. The summed E-state index contributed by atoms with van der Waals surface area (Å²) in [6, 6.07) is 0. The fourth-order valence-electron chi connectivity index (χ4n) is 1.01. The second-order valence-electron chi connectivity index (χ2n) is 2.79. The molecule has 0 fully saturated rings. The maximum absolute atomic E-state index is 8.85. The van der Waals surface area contributed by atoms with E-state index in [-0.39, 0.29) is 6.61 Å². The Hall–Kier alpha value is -0.910. The molecule has 0 saturated carbocycles. The Balaban J connectivity index is 2.39. The highest BCUT2D eigenvalue weighted by Gasteiger charge is 2.07. The third-order valence-electron chi connectivity index (χ3n) is 1.74. The van der Waals surface area contributed by atoms with Crippen LogP contribution in [0.15, 0.2) is 11.6 Å². The minimum absolute atomic E-state index is 0.0511. The Labute approximate surface area is 89.8 Å². The lowest BCUT2D eigenvalue weighted by Crippen LogP contribution is -1.94. The summed E-state index contributed by atoms with van der Waals surface area (Å²) in [5, 5.41) is 16.1. The molecule has 14 heavy (non-hydrogen) atoms. The minimum Gasteiger partial charge on any atom is -0.390 e. The number of rotatable bonds is 2. The van der Waals surface area contributed by atoms with Crippen molar-refractivity contribution in [3.63, 3.8) is 0 Å². The molecule has 1 N–H and O–H groups in total. The van der Waals surface area contributed by atoms with Gasteiger partial charge in [0.2, 0.25) is 5.13 Å². The molecule has 0 saturated heterocycles. The summed E-state index contributed by atoms with van der Waals surface area (Å²) in [4.78, 5) is 4.16. The van der Waals surface area contributed by atoms with Gasteiger partial charge in [-0.2, -0.15) is 5.10 Å². The Kier molecular flexibility index (Phi) is 2.54. The fourth-order valence-corrected chi connectivity index (χ4v) is 1.88. The van der Waals surface area contributed by atoms with Crippen LogP contribution in [0.3, 0.4) is 0 Å². The Bertz CT molecular complexity index is 432. The molecular formula is C8H8ClN3OS. The zero-order valence-electron chi connectivity index (χ0n) is 7.44. The van der Waals surface area contributed by atoms with E-state index in [1.54, 1.807) is 16.3 Å². The first-order valence-electron chi connectivity index (χ1n) is 3.98. The van der Waals surface area contributed by atoms with Crippen molar-refractivity contribution < 1.29 is 5.11 Å². The Morgan fingerprint density at radius 3 is 2.93 bits per heavy atom. The van der Waals surface area contributed by atoms with Gasteiger partial charge in [-0.1, -0.05) is 11.6 Å². The van der Waals surface area contributed by atoms with Crippen LogP contribution < -0.4 is 0 Å². The second kappa shape index (κ2) is 3.68. The highest BCUT2D eigenvalue weighted by molar-refractivity contribution is 7.12. The average molecular weight is 230 g/mol. The van der Waals surface area contributed by atoms with E-state index in [4.69, 9.17) is 16.7 Å². The SMILES string of the molecule is Cc1nn(-c2nc(CO)cs2)cc1Cl. The number of thiazole rings is 1. The maximum Gasteiger partial charge on any atom is 0.210 e.